The Kier molecular flexibility index (Phi) is 5.85. The van der Waals surface area contributed by atoms with Crippen LogP contribution in [0.2, 0.25) is 0 Å². The highest BCUT2D eigenvalue weighted by Gasteiger charge is 2.19. The molecule has 0 saturated carbocycles. The van der Waals surface area contributed by atoms with E-state index < -0.39 is 0 Å². The molecule has 5 nitrogen and oxygen atoms in total. The molecular formula is C26H25N3O2. The first kappa shape index (κ1) is 20.4. The van der Waals surface area contributed by atoms with E-state index in [1.54, 1.807) is 31.4 Å². The van der Waals surface area contributed by atoms with Gasteiger partial charge in [-0.25, -0.2) is 4.98 Å². The first-order valence-electron chi connectivity index (χ1n) is 10.2. The van der Waals surface area contributed by atoms with E-state index in [9.17, 15) is 4.79 Å². The first-order valence-corrected chi connectivity index (χ1v) is 10.2. The van der Waals surface area contributed by atoms with Crippen LogP contribution in [-0.4, -0.2) is 22.6 Å². The summed E-state index contributed by atoms with van der Waals surface area (Å²) >= 11 is 0. The van der Waals surface area contributed by atoms with Crippen molar-refractivity contribution in [3.8, 4) is 17.0 Å². The Hall–Kier alpha value is -3.86. The lowest BCUT2D eigenvalue weighted by Gasteiger charge is -2.09. The van der Waals surface area contributed by atoms with Gasteiger partial charge in [-0.3, -0.25) is 10.1 Å². The molecule has 0 atom stereocenters. The number of aryl methyl sites for hydroxylation is 1. The molecule has 3 aromatic carbocycles. The molecule has 1 amide bonds. The fraction of sp³-hybridized carbons (Fsp3) is 0.154. The minimum Gasteiger partial charge on any atom is -0.497 e. The minimum absolute atomic E-state index is 0.211. The second kappa shape index (κ2) is 8.88. The van der Waals surface area contributed by atoms with Gasteiger partial charge in [-0.15, -0.1) is 0 Å². The van der Waals surface area contributed by atoms with Crippen LogP contribution in [0.5, 0.6) is 5.75 Å². The van der Waals surface area contributed by atoms with Crippen molar-refractivity contribution in [3.05, 3.63) is 101 Å². The van der Waals surface area contributed by atoms with Gasteiger partial charge < -0.3 is 9.30 Å². The highest BCUT2D eigenvalue weighted by atomic mass is 16.5. The van der Waals surface area contributed by atoms with Gasteiger partial charge >= 0.3 is 0 Å². The molecule has 0 aliphatic carbocycles. The molecule has 0 aliphatic rings. The molecule has 0 bridgehead atoms. The van der Waals surface area contributed by atoms with Gasteiger partial charge in [-0.1, -0.05) is 60.2 Å². The Balaban J connectivity index is 1.69. The normalized spacial score (nSPS) is 10.7. The third-order valence-corrected chi connectivity index (χ3v) is 5.33. The number of rotatable bonds is 6. The predicted molar refractivity (Wildman–Crippen MR) is 124 cm³/mol. The van der Waals surface area contributed by atoms with Gasteiger partial charge in [-0.2, -0.15) is 0 Å². The second-order valence-corrected chi connectivity index (χ2v) is 7.50. The molecule has 0 aliphatic heterocycles. The van der Waals surface area contributed by atoms with Gasteiger partial charge in [0, 0.05) is 24.6 Å². The van der Waals surface area contributed by atoms with Gasteiger partial charge in [-0.05, 0) is 36.8 Å². The average molecular weight is 412 g/mol. The number of hydrogen-bond donors (Lipinski definition) is 1. The van der Waals surface area contributed by atoms with Gasteiger partial charge in [0.15, 0.2) is 0 Å². The molecule has 0 radical (unpaired) electrons. The van der Waals surface area contributed by atoms with Crippen LogP contribution in [0, 0.1) is 6.92 Å². The smallest absolute Gasteiger partial charge is 0.257 e. The highest BCUT2D eigenvalue weighted by molar-refractivity contribution is 6.03. The summed E-state index contributed by atoms with van der Waals surface area (Å²) in [5.74, 6) is 1.01. The number of aromatic nitrogens is 2. The van der Waals surface area contributed by atoms with Crippen molar-refractivity contribution in [1.82, 2.24) is 9.55 Å². The zero-order chi connectivity index (χ0) is 21.8. The molecule has 31 heavy (non-hydrogen) atoms. The van der Waals surface area contributed by atoms with E-state index in [0.717, 1.165) is 17.0 Å². The van der Waals surface area contributed by atoms with Gasteiger partial charge in [0.25, 0.3) is 5.91 Å². The average Bonchev–Trinajstić information content (AvgIpc) is 3.10. The SMILES string of the molecule is COc1ccc(C(=O)Nc2nc(-c3ccc(C)cc3)c(Cc3ccccc3)n2C)cc1. The van der Waals surface area contributed by atoms with Crippen LogP contribution in [0.4, 0.5) is 5.95 Å². The number of hydrogen-bond acceptors (Lipinski definition) is 3. The lowest BCUT2D eigenvalue weighted by Crippen LogP contribution is -2.15. The number of carbonyl (C=O) groups is 1. The van der Waals surface area contributed by atoms with E-state index in [-0.39, 0.29) is 5.91 Å². The number of carbonyl (C=O) groups excluding carboxylic acids is 1. The maximum atomic E-state index is 12.8. The Labute approximate surface area is 182 Å². The van der Waals surface area contributed by atoms with Crippen LogP contribution in [0.15, 0.2) is 78.9 Å². The molecule has 1 heterocycles. The van der Waals surface area contributed by atoms with E-state index >= 15 is 0 Å². The molecule has 4 aromatic rings. The van der Waals surface area contributed by atoms with Crippen molar-refractivity contribution in [3.63, 3.8) is 0 Å². The van der Waals surface area contributed by atoms with Crippen LogP contribution in [0.1, 0.15) is 27.2 Å². The van der Waals surface area contributed by atoms with Crippen LogP contribution < -0.4 is 10.1 Å². The minimum atomic E-state index is -0.211. The summed E-state index contributed by atoms with van der Waals surface area (Å²) in [7, 11) is 3.54. The third kappa shape index (κ3) is 4.51. The monoisotopic (exact) mass is 411 g/mol. The number of ether oxygens (including phenoxy) is 1. The van der Waals surface area contributed by atoms with E-state index in [0.29, 0.717) is 23.7 Å². The van der Waals surface area contributed by atoms with Crippen LogP contribution in [0.3, 0.4) is 0 Å². The van der Waals surface area contributed by atoms with Crippen molar-refractivity contribution in [2.24, 2.45) is 7.05 Å². The number of benzene rings is 3. The van der Waals surface area contributed by atoms with Crippen molar-refractivity contribution in [1.29, 1.82) is 0 Å². The summed E-state index contributed by atoms with van der Waals surface area (Å²) in [5, 5.41) is 2.96. The first-order chi connectivity index (χ1) is 15.0. The lowest BCUT2D eigenvalue weighted by atomic mass is 10.0. The predicted octanol–water partition coefficient (Wildman–Crippen LogP) is 5.25. The van der Waals surface area contributed by atoms with Crippen molar-refractivity contribution >= 4 is 11.9 Å². The second-order valence-electron chi connectivity index (χ2n) is 7.50. The Morgan fingerprint density at radius 2 is 1.65 bits per heavy atom. The van der Waals surface area contributed by atoms with Crippen molar-refractivity contribution in [2.75, 3.05) is 12.4 Å². The number of methoxy groups -OCH3 is 1. The Morgan fingerprint density at radius 1 is 0.968 bits per heavy atom. The molecule has 0 saturated heterocycles. The maximum Gasteiger partial charge on any atom is 0.257 e. The Morgan fingerprint density at radius 3 is 2.29 bits per heavy atom. The van der Waals surface area contributed by atoms with Crippen LogP contribution >= 0.6 is 0 Å². The van der Waals surface area contributed by atoms with Gasteiger partial charge in [0.1, 0.15) is 5.75 Å². The highest BCUT2D eigenvalue weighted by Crippen LogP contribution is 2.28. The fourth-order valence-corrected chi connectivity index (χ4v) is 3.49. The quantitative estimate of drug-likeness (QED) is 0.472. The Bertz CT molecular complexity index is 1180. The summed E-state index contributed by atoms with van der Waals surface area (Å²) in [6, 6.07) is 25.6. The molecular weight excluding hydrogens is 386 g/mol. The standard InChI is InChI=1S/C26H25N3O2/c1-18-9-11-20(12-10-18)24-23(17-19-7-5-4-6-8-19)29(2)26(27-24)28-25(30)21-13-15-22(31-3)16-14-21/h4-16H,17H2,1-3H3,(H,27,28,30). The van der Waals surface area contributed by atoms with E-state index in [2.05, 4.69) is 48.6 Å². The molecule has 1 aromatic heterocycles. The lowest BCUT2D eigenvalue weighted by molar-refractivity contribution is 0.102. The number of amides is 1. The van der Waals surface area contributed by atoms with Gasteiger partial charge in [0.05, 0.1) is 18.5 Å². The number of anilines is 1. The molecule has 0 unspecified atom stereocenters. The van der Waals surface area contributed by atoms with E-state index in [1.165, 1.54) is 11.1 Å². The number of imidazole rings is 1. The van der Waals surface area contributed by atoms with Crippen LogP contribution in [0.25, 0.3) is 11.3 Å². The number of nitrogens with zero attached hydrogens (tertiary/aromatic N) is 2. The molecule has 1 N–H and O–H groups in total. The number of nitrogens with one attached hydrogen (secondary N) is 1. The largest absolute Gasteiger partial charge is 0.497 e. The fourth-order valence-electron chi connectivity index (χ4n) is 3.49. The molecule has 156 valence electrons. The van der Waals surface area contributed by atoms with Crippen molar-refractivity contribution in [2.45, 2.75) is 13.3 Å². The molecule has 0 spiro atoms. The van der Waals surface area contributed by atoms with Gasteiger partial charge in [0.2, 0.25) is 5.95 Å². The molecule has 5 heteroatoms. The van der Waals surface area contributed by atoms with E-state index in [4.69, 9.17) is 9.72 Å². The molecule has 4 rings (SSSR count). The zero-order valence-electron chi connectivity index (χ0n) is 17.9. The summed E-state index contributed by atoms with van der Waals surface area (Å²) in [4.78, 5) is 17.6. The molecule has 0 fully saturated rings. The summed E-state index contributed by atoms with van der Waals surface area (Å²) in [5.41, 5.74) is 5.86. The third-order valence-electron chi connectivity index (χ3n) is 5.33. The summed E-state index contributed by atoms with van der Waals surface area (Å²) < 4.78 is 7.13. The maximum absolute atomic E-state index is 12.8. The van der Waals surface area contributed by atoms with Crippen LogP contribution in [-0.2, 0) is 13.5 Å². The van der Waals surface area contributed by atoms with E-state index in [1.807, 2.05) is 29.8 Å². The topological polar surface area (TPSA) is 56.1 Å². The summed E-state index contributed by atoms with van der Waals surface area (Å²) in [6.45, 7) is 2.06. The summed E-state index contributed by atoms with van der Waals surface area (Å²) in [6.07, 6.45) is 0.714. The zero-order valence-corrected chi connectivity index (χ0v) is 17.9. The van der Waals surface area contributed by atoms with Crippen molar-refractivity contribution < 1.29 is 9.53 Å².